The summed E-state index contributed by atoms with van der Waals surface area (Å²) in [5.74, 6) is 0.791. The molecular formula is C19H29N3O3S. The van der Waals surface area contributed by atoms with Crippen LogP contribution in [0.25, 0.3) is 0 Å². The number of aromatic nitrogens is 2. The zero-order chi connectivity index (χ0) is 19.2. The van der Waals surface area contributed by atoms with Crippen LogP contribution < -0.4 is 4.74 Å². The summed E-state index contributed by atoms with van der Waals surface area (Å²) in [5.41, 5.74) is 1.20. The van der Waals surface area contributed by atoms with Crippen LogP contribution in [-0.2, 0) is 16.6 Å². The molecule has 0 saturated heterocycles. The lowest BCUT2D eigenvalue weighted by atomic mass is 10.3. The molecule has 144 valence electrons. The number of hydrogen-bond acceptors (Lipinski definition) is 4. The van der Waals surface area contributed by atoms with E-state index in [9.17, 15) is 8.42 Å². The van der Waals surface area contributed by atoms with Gasteiger partial charge in [-0.3, -0.25) is 4.68 Å². The topological polar surface area (TPSA) is 64.4 Å². The third-order valence-corrected chi connectivity index (χ3v) is 6.33. The maximum Gasteiger partial charge on any atom is 0.246 e. The zero-order valence-electron chi connectivity index (χ0n) is 16.1. The molecule has 0 unspecified atom stereocenters. The fourth-order valence-corrected chi connectivity index (χ4v) is 5.02. The normalized spacial score (nSPS) is 11.9. The predicted molar refractivity (Wildman–Crippen MR) is 103 cm³/mol. The van der Waals surface area contributed by atoms with Gasteiger partial charge in [-0.15, -0.1) is 0 Å². The molecule has 0 fully saturated rings. The molecule has 2 aromatic rings. The van der Waals surface area contributed by atoms with Crippen LogP contribution in [0.1, 0.15) is 38.1 Å². The van der Waals surface area contributed by atoms with Gasteiger partial charge in [0.2, 0.25) is 10.0 Å². The van der Waals surface area contributed by atoms with Crippen LogP contribution in [0.3, 0.4) is 0 Å². The van der Waals surface area contributed by atoms with Crippen molar-refractivity contribution in [3.05, 3.63) is 41.7 Å². The maximum absolute atomic E-state index is 13.1. The van der Waals surface area contributed by atoms with E-state index in [1.165, 1.54) is 0 Å². The van der Waals surface area contributed by atoms with E-state index < -0.39 is 10.0 Å². The molecule has 0 saturated carbocycles. The Kier molecular flexibility index (Phi) is 7.23. The van der Waals surface area contributed by atoms with Crippen molar-refractivity contribution < 1.29 is 13.2 Å². The Hall–Kier alpha value is -1.86. The number of hydrogen-bond donors (Lipinski definition) is 0. The first kappa shape index (κ1) is 20.5. The average Bonchev–Trinajstić information content (AvgIpc) is 2.90. The van der Waals surface area contributed by atoms with Crippen molar-refractivity contribution in [1.82, 2.24) is 14.1 Å². The first-order chi connectivity index (χ1) is 12.4. The minimum absolute atomic E-state index is 0.333. The molecule has 7 heteroatoms. The molecule has 0 aliphatic carbocycles. The quantitative estimate of drug-likeness (QED) is 0.635. The number of ether oxygens (including phenoxy) is 1. The second-order valence-electron chi connectivity index (χ2n) is 6.29. The summed E-state index contributed by atoms with van der Waals surface area (Å²) in [6.45, 7) is 9.52. The van der Waals surface area contributed by atoms with Crippen molar-refractivity contribution in [2.75, 3.05) is 19.7 Å². The molecule has 26 heavy (non-hydrogen) atoms. The van der Waals surface area contributed by atoms with Crippen LogP contribution in [-0.4, -0.2) is 42.2 Å². The molecule has 2 rings (SSSR count). The number of para-hydroxylation sites is 1. The van der Waals surface area contributed by atoms with Crippen LogP contribution in [0, 0.1) is 13.8 Å². The second-order valence-corrected chi connectivity index (χ2v) is 8.16. The Balaban J connectivity index is 2.18. The highest BCUT2D eigenvalue weighted by molar-refractivity contribution is 7.89. The fraction of sp³-hybridized carbons (Fsp3) is 0.526. The van der Waals surface area contributed by atoms with Gasteiger partial charge in [-0.1, -0.05) is 32.0 Å². The van der Waals surface area contributed by atoms with Crippen LogP contribution in [0.15, 0.2) is 35.2 Å². The Morgan fingerprint density at radius 1 is 1.08 bits per heavy atom. The van der Waals surface area contributed by atoms with E-state index in [0.29, 0.717) is 42.5 Å². The fourth-order valence-electron chi connectivity index (χ4n) is 3.02. The summed E-state index contributed by atoms with van der Waals surface area (Å²) in [5, 5.41) is 4.44. The molecule has 1 aromatic carbocycles. The smallest absolute Gasteiger partial charge is 0.246 e. The Morgan fingerprint density at radius 3 is 2.27 bits per heavy atom. The molecule has 0 aliphatic heterocycles. The third-order valence-electron chi connectivity index (χ3n) is 4.17. The van der Waals surface area contributed by atoms with Crippen molar-refractivity contribution >= 4 is 10.0 Å². The minimum atomic E-state index is -3.53. The van der Waals surface area contributed by atoms with Gasteiger partial charge in [-0.05, 0) is 38.8 Å². The van der Waals surface area contributed by atoms with E-state index in [0.717, 1.165) is 18.6 Å². The van der Waals surface area contributed by atoms with Gasteiger partial charge in [0, 0.05) is 13.1 Å². The summed E-state index contributed by atoms with van der Waals surface area (Å²) in [4.78, 5) is 0.333. The number of aryl methyl sites for hydroxylation is 1. The lowest BCUT2D eigenvalue weighted by Gasteiger charge is -2.21. The van der Waals surface area contributed by atoms with E-state index in [2.05, 4.69) is 5.10 Å². The van der Waals surface area contributed by atoms with Gasteiger partial charge in [0.1, 0.15) is 17.3 Å². The molecule has 0 aliphatic rings. The standard InChI is InChI=1S/C19H29N3O3S/c1-5-12-21(13-6-2)26(23,24)19-16(3)20-22(17(19)4)14-15-25-18-10-8-7-9-11-18/h7-11H,5-6,12-15H2,1-4H3. The lowest BCUT2D eigenvalue weighted by Crippen LogP contribution is -2.33. The Bertz CT molecular complexity index is 795. The Morgan fingerprint density at radius 2 is 1.69 bits per heavy atom. The third kappa shape index (κ3) is 4.65. The first-order valence-electron chi connectivity index (χ1n) is 9.13. The molecule has 0 N–H and O–H groups in total. The molecule has 1 heterocycles. The lowest BCUT2D eigenvalue weighted by molar-refractivity contribution is 0.289. The molecule has 0 radical (unpaired) electrons. The van der Waals surface area contributed by atoms with Crippen molar-refractivity contribution in [2.45, 2.75) is 52.0 Å². The monoisotopic (exact) mass is 379 g/mol. The molecule has 0 spiro atoms. The molecule has 0 amide bonds. The van der Waals surface area contributed by atoms with Gasteiger partial charge in [0.15, 0.2) is 0 Å². The minimum Gasteiger partial charge on any atom is -0.492 e. The Labute approximate surface area is 156 Å². The van der Waals surface area contributed by atoms with E-state index in [1.807, 2.05) is 51.1 Å². The maximum atomic E-state index is 13.1. The summed E-state index contributed by atoms with van der Waals surface area (Å²) >= 11 is 0. The van der Waals surface area contributed by atoms with E-state index in [-0.39, 0.29) is 0 Å². The van der Waals surface area contributed by atoms with Gasteiger partial charge < -0.3 is 4.74 Å². The number of benzene rings is 1. The van der Waals surface area contributed by atoms with Gasteiger partial charge in [0.05, 0.1) is 17.9 Å². The first-order valence-corrected chi connectivity index (χ1v) is 10.6. The van der Waals surface area contributed by atoms with Crippen LogP contribution in [0.2, 0.25) is 0 Å². The van der Waals surface area contributed by atoms with Gasteiger partial charge >= 0.3 is 0 Å². The van der Waals surface area contributed by atoms with E-state index in [4.69, 9.17) is 4.74 Å². The number of rotatable bonds is 10. The average molecular weight is 380 g/mol. The summed E-state index contributed by atoms with van der Waals surface area (Å²) in [6, 6.07) is 9.55. The van der Waals surface area contributed by atoms with Crippen molar-refractivity contribution in [3.8, 4) is 5.75 Å². The largest absolute Gasteiger partial charge is 0.492 e. The summed E-state index contributed by atoms with van der Waals surface area (Å²) in [7, 11) is -3.53. The summed E-state index contributed by atoms with van der Waals surface area (Å²) in [6.07, 6.45) is 1.58. The van der Waals surface area contributed by atoms with Crippen molar-refractivity contribution in [1.29, 1.82) is 0 Å². The zero-order valence-corrected chi connectivity index (χ0v) is 16.9. The SMILES string of the molecule is CCCN(CCC)S(=O)(=O)c1c(C)nn(CCOc2ccccc2)c1C. The molecule has 0 atom stereocenters. The van der Waals surface area contributed by atoms with Crippen molar-refractivity contribution in [3.63, 3.8) is 0 Å². The van der Waals surface area contributed by atoms with E-state index >= 15 is 0 Å². The molecule has 6 nitrogen and oxygen atoms in total. The highest BCUT2D eigenvalue weighted by Gasteiger charge is 2.30. The van der Waals surface area contributed by atoms with Gasteiger partial charge in [-0.25, -0.2) is 8.42 Å². The molecular weight excluding hydrogens is 350 g/mol. The predicted octanol–water partition coefficient (Wildman–Crippen LogP) is 3.39. The number of nitrogens with zero attached hydrogens (tertiary/aromatic N) is 3. The van der Waals surface area contributed by atoms with E-state index in [1.54, 1.807) is 15.9 Å². The van der Waals surface area contributed by atoms with Gasteiger partial charge in [-0.2, -0.15) is 9.40 Å². The molecule has 0 bridgehead atoms. The van der Waals surface area contributed by atoms with Crippen LogP contribution >= 0.6 is 0 Å². The molecule has 1 aromatic heterocycles. The van der Waals surface area contributed by atoms with Gasteiger partial charge in [0.25, 0.3) is 0 Å². The second kappa shape index (κ2) is 9.19. The van der Waals surface area contributed by atoms with Crippen LogP contribution in [0.5, 0.6) is 5.75 Å². The number of sulfonamides is 1. The van der Waals surface area contributed by atoms with Crippen molar-refractivity contribution in [2.24, 2.45) is 0 Å². The summed E-state index contributed by atoms with van der Waals surface area (Å²) < 4.78 is 35.2. The highest BCUT2D eigenvalue weighted by atomic mass is 32.2. The van der Waals surface area contributed by atoms with Crippen LogP contribution in [0.4, 0.5) is 0 Å². The highest BCUT2D eigenvalue weighted by Crippen LogP contribution is 2.24.